The van der Waals surface area contributed by atoms with E-state index in [1.54, 1.807) is 6.92 Å². The summed E-state index contributed by atoms with van der Waals surface area (Å²) in [7, 11) is 0. The summed E-state index contributed by atoms with van der Waals surface area (Å²) in [5.74, 6) is -0.0671. The highest BCUT2D eigenvalue weighted by Crippen LogP contribution is 2.38. The molecule has 1 radical (unpaired) electrons. The highest BCUT2D eigenvalue weighted by atomic mass is 16.5. The molecule has 0 heterocycles. The van der Waals surface area contributed by atoms with Gasteiger partial charge >= 0.3 is 5.97 Å². The minimum Gasteiger partial charge on any atom is -0.462 e. The van der Waals surface area contributed by atoms with E-state index >= 15 is 0 Å². The summed E-state index contributed by atoms with van der Waals surface area (Å²) in [6.45, 7) is 7.42. The van der Waals surface area contributed by atoms with Gasteiger partial charge in [0.2, 0.25) is 0 Å². The van der Waals surface area contributed by atoms with Gasteiger partial charge in [0.15, 0.2) is 0 Å². The predicted molar refractivity (Wildman–Crippen MR) is 47.5 cm³/mol. The van der Waals surface area contributed by atoms with Crippen LogP contribution in [-0.2, 0) is 9.53 Å². The van der Waals surface area contributed by atoms with Gasteiger partial charge in [-0.3, -0.25) is 4.79 Å². The first-order valence-corrected chi connectivity index (χ1v) is 4.59. The molecule has 0 spiro atoms. The largest absolute Gasteiger partial charge is 0.462 e. The van der Waals surface area contributed by atoms with Crippen LogP contribution in [-0.4, -0.2) is 12.1 Å². The Morgan fingerprint density at radius 3 is 2.42 bits per heavy atom. The molecule has 0 bridgehead atoms. The minimum atomic E-state index is -0.227. The molecule has 0 saturated heterocycles. The van der Waals surface area contributed by atoms with Gasteiger partial charge in [0, 0.05) is 0 Å². The summed E-state index contributed by atoms with van der Waals surface area (Å²) in [4.78, 5) is 11.5. The molecule has 1 aliphatic carbocycles. The van der Waals surface area contributed by atoms with Crippen molar-refractivity contribution in [1.82, 2.24) is 0 Å². The maximum absolute atomic E-state index is 11.5. The van der Waals surface area contributed by atoms with E-state index in [0.29, 0.717) is 0 Å². The van der Waals surface area contributed by atoms with Gasteiger partial charge in [0.25, 0.3) is 0 Å². The first-order chi connectivity index (χ1) is 5.54. The van der Waals surface area contributed by atoms with E-state index in [9.17, 15) is 4.79 Å². The van der Waals surface area contributed by atoms with Crippen LogP contribution in [0.2, 0.25) is 0 Å². The van der Waals surface area contributed by atoms with Crippen LogP contribution in [0, 0.1) is 12.3 Å². The second-order valence-electron chi connectivity index (χ2n) is 3.98. The molecule has 1 rings (SSSR count). The zero-order valence-corrected chi connectivity index (χ0v) is 7.93. The first kappa shape index (κ1) is 9.56. The number of hydrogen-bond acceptors (Lipinski definition) is 2. The molecule has 1 unspecified atom stereocenters. The fourth-order valence-corrected chi connectivity index (χ4v) is 1.68. The van der Waals surface area contributed by atoms with Crippen LogP contribution in [0.15, 0.2) is 0 Å². The maximum Gasteiger partial charge on any atom is 0.312 e. The molecule has 69 valence electrons. The van der Waals surface area contributed by atoms with Gasteiger partial charge in [-0.25, -0.2) is 0 Å². The van der Waals surface area contributed by atoms with Crippen molar-refractivity contribution in [2.24, 2.45) is 5.41 Å². The standard InChI is InChI=1S/C10H17O2/c1-8(2)12-9(11)10(3)6-4-5-7-10/h8H,1,4-7H2,2-3H3. The van der Waals surface area contributed by atoms with E-state index in [0.717, 1.165) is 25.7 Å². The van der Waals surface area contributed by atoms with Crippen molar-refractivity contribution in [1.29, 1.82) is 0 Å². The van der Waals surface area contributed by atoms with E-state index in [-0.39, 0.29) is 17.5 Å². The van der Waals surface area contributed by atoms with Gasteiger partial charge in [-0.1, -0.05) is 12.8 Å². The zero-order chi connectivity index (χ0) is 9.19. The maximum atomic E-state index is 11.5. The second kappa shape index (κ2) is 3.46. The molecule has 2 nitrogen and oxygen atoms in total. The molecule has 0 aromatic heterocycles. The van der Waals surface area contributed by atoms with Crippen molar-refractivity contribution in [2.75, 3.05) is 0 Å². The zero-order valence-electron chi connectivity index (χ0n) is 7.93. The predicted octanol–water partition coefficient (Wildman–Crippen LogP) is 2.33. The molecule has 1 aliphatic rings. The number of hydrogen-bond donors (Lipinski definition) is 0. The number of esters is 1. The van der Waals surface area contributed by atoms with Crippen LogP contribution < -0.4 is 0 Å². The second-order valence-corrected chi connectivity index (χ2v) is 3.98. The number of ether oxygens (including phenoxy) is 1. The summed E-state index contributed by atoms with van der Waals surface area (Å²) in [6.07, 6.45) is 4.01. The van der Waals surface area contributed by atoms with E-state index in [2.05, 4.69) is 6.92 Å². The minimum absolute atomic E-state index is 0.0671. The Morgan fingerprint density at radius 2 is 2.00 bits per heavy atom. The van der Waals surface area contributed by atoms with Crippen LogP contribution >= 0.6 is 0 Å². The summed E-state index contributed by atoms with van der Waals surface area (Å²) in [6, 6.07) is 0. The Bertz CT molecular complexity index is 167. The molecule has 0 aromatic rings. The van der Waals surface area contributed by atoms with E-state index in [1.165, 1.54) is 0 Å². The Labute approximate surface area is 74.3 Å². The van der Waals surface area contributed by atoms with E-state index in [4.69, 9.17) is 4.74 Å². The Hall–Kier alpha value is -0.530. The summed E-state index contributed by atoms with van der Waals surface area (Å²) >= 11 is 0. The average Bonchev–Trinajstić information content (AvgIpc) is 2.36. The molecule has 0 aromatic carbocycles. The lowest BCUT2D eigenvalue weighted by Gasteiger charge is -2.22. The summed E-state index contributed by atoms with van der Waals surface area (Å²) in [5, 5.41) is 0. The lowest BCUT2D eigenvalue weighted by molar-refractivity contribution is -0.157. The van der Waals surface area contributed by atoms with E-state index in [1.807, 2.05) is 6.92 Å². The van der Waals surface area contributed by atoms with Gasteiger partial charge in [0.05, 0.1) is 11.5 Å². The van der Waals surface area contributed by atoms with Gasteiger partial charge in [0.1, 0.15) is 0 Å². The summed E-state index contributed by atoms with van der Waals surface area (Å²) < 4.78 is 5.09. The quantitative estimate of drug-likeness (QED) is 0.593. The fraction of sp³-hybridized carbons (Fsp3) is 0.800. The Balaban J connectivity index is 2.50. The third-order valence-corrected chi connectivity index (χ3v) is 2.51. The van der Waals surface area contributed by atoms with Gasteiger partial charge in [-0.05, 0) is 33.6 Å². The van der Waals surface area contributed by atoms with E-state index < -0.39 is 0 Å². The molecule has 1 fully saturated rings. The van der Waals surface area contributed by atoms with Crippen molar-refractivity contribution < 1.29 is 9.53 Å². The van der Waals surface area contributed by atoms with Crippen LogP contribution in [0.3, 0.4) is 0 Å². The normalized spacial score (nSPS) is 21.3. The third-order valence-electron chi connectivity index (χ3n) is 2.51. The highest BCUT2D eigenvalue weighted by molar-refractivity contribution is 5.76. The van der Waals surface area contributed by atoms with Gasteiger partial charge in [-0.15, -0.1) is 0 Å². The lowest BCUT2D eigenvalue weighted by atomic mass is 9.89. The molecular formula is C10H17O2. The van der Waals surface area contributed by atoms with Crippen molar-refractivity contribution in [3.63, 3.8) is 0 Å². The monoisotopic (exact) mass is 169 g/mol. The molecule has 2 heteroatoms. The average molecular weight is 169 g/mol. The topological polar surface area (TPSA) is 26.3 Å². The third kappa shape index (κ3) is 1.99. The number of carbonyl (C=O) groups is 1. The Morgan fingerprint density at radius 1 is 1.50 bits per heavy atom. The molecule has 0 amide bonds. The molecular weight excluding hydrogens is 152 g/mol. The molecule has 1 saturated carbocycles. The Kier molecular flexibility index (Phi) is 2.76. The van der Waals surface area contributed by atoms with Crippen molar-refractivity contribution in [3.05, 3.63) is 6.92 Å². The SMILES string of the molecule is [CH2]C(C)OC(=O)C1(C)CCCC1. The van der Waals surface area contributed by atoms with Crippen LogP contribution in [0.5, 0.6) is 0 Å². The number of rotatable bonds is 2. The van der Waals surface area contributed by atoms with Crippen LogP contribution in [0.4, 0.5) is 0 Å². The molecule has 0 aliphatic heterocycles. The lowest BCUT2D eigenvalue weighted by Crippen LogP contribution is -2.28. The molecule has 0 N–H and O–H groups in total. The highest BCUT2D eigenvalue weighted by Gasteiger charge is 2.37. The summed E-state index contributed by atoms with van der Waals surface area (Å²) in [5.41, 5.74) is -0.216. The van der Waals surface area contributed by atoms with Crippen LogP contribution in [0.1, 0.15) is 39.5 Å². The first-order valence-electron chi connectivity index (χ1n) is 4.59. The van der Waals surface area contributed by atoms with Gasteiger partial charge in [-0.2, -0.15) is 0 Å². The molecule has 12 heavy (non-hydrogen) atoms. The smallest absolute Gasteiger partial charge is 0.312 e. The van der Waals surface area contributed by atoms with Crippen LogP contribution in [0.25, 0.3) is 0 Å². The number of carbonyl (C=O) groups excluding carboxylic acids is 1. The van der Waals surface area contributed by atoms with Gasteiger partial charge < -0.3 is 4.74 Å². The fourth-order valence-electron chi connectivity index (χ4n) is 1.68. The van der Waals surface area contributed by atoms with Crippen molar-refractivity contribution in [3.8, 4) is 0 Å². The van der Waals surface area contributed by atoms with Crippen molar-refractivity contribution in [2.45, 2.75) is 45.6 Å². The van der Waals surface area contributed by atoms with Crippen molar-refractivity contribution >= 4 is 5.97 Å². The molecule has 1 atom stereocenters.